The number of hydrogen-bond acceptors (Lipinski definition) is 4. The Kier molecular flexibility index (Phi) is 6.89. The number of carbonyl (C=O) groups is 2. The molecule has 0 spiro atoms. The molecule has 1 heterocycles. The topological polar surface area (TPSA) is 76.1 Å². The van der Waals surface area contributed by atoms with Gasteiger partial charge in [-0.25, -0.2) is 9.59 Å². The number of piperidine rings is 1. The number of ether oxygens (including phenoxy) is 2. The van der Waals surface area contributed by atoms with Crippen LogP contribution in [0.1, 0.15) is 54.6 Å². The van der Waals surface area contributed by atoms with Crippen LogP contribution in [0.4, 0.5) is 4.79 Å². The van der Waals surface area contributed by atoms with Gasteiger partial charge in [0.05, 0.1) is 24.8 Å². The van der Waals surface area contributed by atoms with E-state index in [1.165, 1.54) is 5.39 Å². The minimum Gasteiger partial charge on any atom is -0.478 e. The molecule has 4 rings (SSSR count). The van der Waals surface area contributed by atoms with Gasteiger partial charge in [0.2, 0.25) is 0 Å². The van der Waals surface area contributed by atoms with Crippen molar-refractivity contribution in [1.29, 1.82) is 0 Å². The van der Waals surface area contributed by atoms with Gasteiger partial charge in [-0.1, -0.05) is 48.5 Å². The first-order valence-corrected chi connectivity index (χ1v) is 11.6. The smallest absolute Gasteiger partial charge is 0.410 e. The maximum Gasteiger partial charge on any atom is 0.410 e. The van der Waals surface area contributed by atoms with Gasteiger partial charge < -0.3 is 19.5 Å². The summed E-state index contributed by atoms with van der Waals surface area (Å²) in [6.07, 6.45) is 0.114. The van der Waals surface area contributed by atoms with E-state index in [0.29, 0.717) is 26.1 Å². The van der Waals surface area contributed by atoms with Crippen molar-refractivity contribution in [2.45, 2.75) is 51.4 Å². The van der Waals surface area contributed by atoms with E-state index in [0.717, 1.165) is 16.5 Å². The van der Waals surface area contributed by atoms with Gasteiger partial charge in [0.15, 0.2) is 0 Å². The quantitative estimate of drug-likeness (QED) is 0.516. The number of benzene rings is 3. The molecule has 1 aliphatic rings. The van der Waals surface area contributed by atoms with Gasteiger partial charge in [0.25, 0.3) is 0 Å². The molecule has 0 radical (unpaired) electrons. The van der Waals surface area contributed by atoms with E-state index >= 15 is 0 Å². The van der Waals surface area contributed by atoms with Crippen LogP contribution in [0.5, 0.6) is 0 Å². The molecule has 1 N–H and O–H groups in total. The van der Waals surface area contributed by atoms with Gasteiger partial charge in [-0.15, -0.1) is 0 Å². The number of nitrogens with zero attached hydrogens (tertiary/aromatic N) is 1. The molecule has 178 valence electrons. The fourth-order valence-electron chi connectivity index (χ4n) is 4.36. The Hall–Kier alpha value is -3.38. The lowest BCUT2D eigenvalue weighted by Crippen LogP contribution is -2.48. The van der Waals surface area contributed by atoms with Crippen LogP contribution < -0.4 is 0 Å². The number of aromatic carboxylic acids is 1. The Morgan fingerprint density at radius 1 is 1.00 bits per heavy atom. The number of likely N-dealkylation sites (tertiary alicyclic amines) is 1. The van der Waals surface area contributed by atoms with Crippen LogP contribution in [-0.2, 0) is 16.1 Å². The van der Waals surface area contributed by atoms with Crippen molar-refractivity contribution < 1.29 is 24.2 Å². The second-order valence-electron chi connectivity index (χ2n) is 9.78. The largest absolute Gasteiger partial charge is 0.478 e. The molecule has 1 fully saturated rings. The van der Waals surface area contributed by atoms with E-state index in [1.807, 2.05) is 45.0 Å². The summed E-state index contributed by atoms with van der Waals surface area (Å²) in [4.78, 5) is 25.7. The highest BCUT2D eigenvalue weighted by Crippen LogP contribution is 2.32. The van der Waals surface area contributed by atoms with Crippen LogP contribution in [0, 0.1) is 0 Å². The first kappa shape index (κ1) is 23.8. The van der Waals surface area contributed by atoms with Gasteiger partial charge in [-0.3, -0.25) is 0 Å². The Morgan fingerprint density at radius 3 is 2.38 bits per heavy atom. The molecule has 3 aromatic rings. The van der Waals surface area contributed by atoms with Crippen molar-refractivity contribution in [3.05, 3.63) is 83.4 Å². The van der Waals surface area contributed by atoms with Crippen LogP contribution in [0.2, 0.25) is 0 Å². The molecule has 1 amide bonds. The van der Waals surface area contributed by atoms with E-state index in [-0.39, 0.29) is 23.7 Å². The average molecular weight is 462 g/mol. The zero-order chi connectivity index (χ0) is 24.3. The molecule has 0 saturated carbocycles. The highest BCUT2D eigenvalue weighted by atomic mass is 16.6. The van der Waals surface area contributed by atoms with E-state index < -0.39 is 11.6 Å². The molecule has 0 bridgehead atoms. The van der Waals surface area contributed by atoms with E-state index in [2.05, 4.69) is 30.3 Å². The molecule has 3 aromatic carbocycles. The summed E-state index contributed by atoms with van der Waals surface area (Å²) < 4.78 is 12.0. The van der Waals surface area contributed by atoms with Crippen molar-refractivity contribution >= 4 is 22.8 Å². The van der Waals surface area contributed by atoms with Crippen LogP contribution >= 0.6 is 0 Å². The second kappa shape index (κ2) is 9.85. The minimum absolute atomic E-state index is 0.0435. The number of carbonyl (C=O) groups excluding carboxylic acids is 1. The summed E-state index contributed by atoms with van der Waals surface area (Å²) in [6, 6.07) is 21.4. The highest BCUT2D eigenvalue weighted by Gasteiger charge is 2.35. The molecular weight excluding hydrogens is 430 g/mol. The third-order valence-electron chi connectivity index (χ3n) is 6.07. The van der Waals surface area contributed by atoms with Gasteiger partial charge in [-0.2, -0.15) is 0 Å². The molecule has 6 nitrogen and oxygen atoms in total. The molecule has 6 heteroatoms. The van der Waals surface area contributed by atoms with Crippen molar-refractivity contribution in [1.82, 2.24) is 4.90 Å². The van der Waals surface area contributed by atoms with Crippen molar-refractivity contribution in [2.75, 3.05) is 13.1 Å². The second-order valence-corrected chi connectivity index (χ2v) is 9.78. The number of hydrogen-bond donors (Lipinski definition) is 1. The van der Waals surface area contributed by atoms with Crippen LogP contribution in [0.15, 0.2) is 66.7 Å². The Morgan fingerprint density at radius 2 is 1.71 bits per heavy atom. The first-order valence-electron chi connectivity index (χ1n) is 11.6. The molecule has 2 atom stereocenters. The van der Waals surface area contributed by atoms with Gasteiger partial charge in [-0.05, 0) is 67.3 Å². The first-order chi connectivity index (χ1) is 16.2. The summed E-state index contributed by atoms with van der Waals surface area (Å²) in [7, 11) is 0. The predicted octanol–water partition coefficient (Wildman–Crippen LogP) is 5.85. The fourth-order valence-corrected chi connectivity index (χ4v) is 4.36. The van der Waals surface area contributed by atoms with Crippen LogP contribution in [0.25, 0.3) is 10.8 Å². The summed E-state index contributed by atoms with van der Waals surface area (Å²) in [5.41, 5.74) is 1.76. The van der Waals surface area contributed by atoms with Crippen molar-refractivity contribution in [3.63, 3.8) is 0 Å². The predicted molar refractivity (Wildman–Crippen MR) is 131 cm³/mol. The number of carboxylic acid groups (broad SMARTS) is 1. The molecule has 0 aromatic heterocycles. The van der Waals surface area contributed by atoms with Gasteiger partial charge in [0, 0.05) is 12.5 Å². The Labute approximate surface area is 200 Å². The molecule has 2 unspecified atom stereocenters. The van der Waals surface area contributed by atoms with Crippen molar-refractivity contribution in [3.8, 4) is 0 Å². The monoisotopic (exact) mass is 461 g/mol. The SMILES string of the molecule is CC(C)(C)OC(=O)N1CCC(c2ccc(C(=O)O)cc2)C(OCc2ccc3ccccc3c2)C1. The zero-order valence-electron chi connectivity index (χ0n) is 19.9. The third-order valence-corrected chi connectivity index (χ3v) is 6.07. The Bertz CT molecular complexity index is 1170. The number of carboxylic acids is 1. The maximum absolute atomic E-state index is 12.7. The average Bonchev–Trinajstić information content (AvgIpc) is 2.81. The normalized spacial score (nSPS) is 18.6. The lowest BCUT2D eigenvalue weighted by Gasteiger charge is -2.39. The highest BCUT2D eigenvalue weighted by molar-refractivity contribution is 5.87. The van der Waals surface area contributed by atoms with E-state index in [1.54, 1.807) is 17.0 Å². The molecular formula is C28H31NO5. The summed E-state index contributed by atoms with van der Waals surface area (Å²) in [5.74, 6) is -0.905. The zero-order valence-corrected chi connectivity index (χ0v) is 19.9. The maximum atomic E-state index is 12.7. The lowest BCUT2D eigenvalue weighted by atomic mass is 9.86. The standard InChI is InChI=1S/C28H31NO5/c1-28(2,3)34-27(32)29-15-14-24(21-10-12-22(13-11-21)26(30)31)25(17-29)33-18-19-8-9-20-6-4-5-7-23(20)16-19/h4-13,16,24-25H,14-15,17-18H2,1-3H3,(H,30,31). The fraction of sp³-hybridized carbons (Fsp3) is 0.357. The van der Waals surface area contributed by atoms with Crippen LogP contribution in [-0.4, -0.2) is 46.9 Å². The van der Waals surface area contributed by atoms with Gasteiger partial charge in [0.1, 0.15) is 5.60 Å². The van der Waals surface area contributed by atoms with Crippen molar-refractivity contribution in [2.24, 2.45) is 0 Å². The van der Waals surface area contributed by atoms with Gasteiger partial charge >= 0.3 is 12.1 Å². The van der Waals surface area contributed by atoms with E-state index in [9.17, 15) is 14.7 Å². The Balaban J connectivity index is 1.53. The minimum atomic E-state index is -0.949. The molecule has 0 aliphatic carbocycles. The molecule has 1 aliphatic heterocycles. The molecule has 34 heavy (non-hydrogen) atoms. The summed E-state index contributed by atoms with van der Waals surface area (Å²) >= 11 is 0. The number of amides is 1. The number of fused-ring (bicyclic) bond motifs is 1. The summed E-state index contributed by atoms with van der Waals surface area (Å²) in [6.45, 7) is 6.95. The molecule has 1 saturated heterocycles. The third kappa shape index (κ3) is 5.75. The van der Waals surface area contributed by atoms with Crippen LogP contribution in [0.3, 0.4) is 0 Å². The van der Waals surface area contributed by atoms with E-state index in [4.69, 9.17) is 9.47 Å². The number of rotatable bonds is 5. The summed E-state index contributed by atoms with van der Waals surface area (Å²) in [5, 5.41) is 11.6. The lowest BCUT2D eigenvalue weighted by molar-refractivity contribution is -0.0359.